The summed E-state index contributed by atoms with van der Waals surface area (Å²) >= 11 is 0. The molecule has 0 atom stereocenters. The van der Waals surface area contributed by atoms with Gasteiger partial charge in [0.05, 0.1) is 18.5 Å². The second-order valence-corrected chi connectivity index (χ2v) is 2.94. The zero-order valence-electron chi connectivity index (χ0n) is 7.56. The molecule has 0 saturated carbocycles. The summed E-state index contributed by atoms with van der Waals surface area (Å²) in [7, 11) is 0. The molecule has 0 fully saturated rings. The summed E-state index contributed by atoms with van der Waals surface area (Å²) in [5, 5.41) is 15.9. The van der Waals surface area contributed by atoms with E-state index in [0.29, 0.717) is 5.69 Å². The molecule has 0 spiro atoms. The molecule has 0 amide bonds. The van der Waals surface area contributed by atoms with Gasteiger partial charge in [-0.3, -0.25) is 0 Å². The smallest absolute Gasteiger partial charge is 0.128 e. The monoisotopic (exact) mass is 211 g/mol. The van der Waals surface area contributed by atoms with Crippen LogP contribution in [0.3, 0.4) is 0 Å². The fourth-order valence-corrected chi connectivity index (χ4v) is 1.17. The van der Waals surface area contributed by atoms with Crippen LogP contribution >= 0.6 is 0 Å². The number of hydrogen-bond donors (Lipinski definition) is 1. The van der Waals surface area contributed by atoms with Crippen LogP contribution in [0, 0.1) is 11.6 Å². The Balaban J connectivity index is 2.44. The van der Waals surface area contributed by atoms with E-state index in [1.165, 1.54) is 10.9 Å². The largest absolute Gasteiger partial charge is 0.390 e. The lowest BCUT2D eigenvalue weighted by atomic mass is 10.3. The molecule has 4 nitrogen and oxygen atoms in total. The average molecular weight is 211 g/mol. The van der Waals surface area contributed by atoms with Gasteiger partial charge in [0.1, 0.15) is 17.3 Å². The van der Waals surface area contributed by atoms with Crippen molar-refractivity contribution in [1.29, 1.82) is 0 Å². The third-order valence-electron chi connectivity index (χ3n) is 1.81. The quantitative estimate of drug-likeness (QED) is 0.807. The maximum absolute atomic E-state index is 12.9. The zero-order valence-corrected chi connectivity index (χ0v) is 7.56. The normalized spacial score (nSPS) is 10.6. The Morgan fingerprint density at radius 1 is 1.20 bits per heavy atom. The third-order valence-corrected chi connectivity index (χ3v) is 1.81. The molecule has 78 valence electrons. The number of nitrogens with zero attached hydrogens (tertiary/aromatic N) is 3. The molecule has 6 heteroatoms. The van der Waals surface area contributed by atoms with Crippen LogP contribution in [-0.4, -0.2) is 20.1 Å². The van der Waals surface area contributed by atoms with Gasteiger partial charge in [-0.05, 0) is 12.1 Å². The van der Waals surface area contributed by atoms with E-state index in [0.717, 1.165) is 18.2 Å². The Bertz CT molecular complexity index is 464. The Kier molecular flexibility index (Phi) is 2.42. The molecule has 2 rings (SSSR count). The minimum atomic E-state index is -0.689. The minimum Gasteiger partial charge on any atom is -0.390 e. The van der Waals surface area contributed by atoms with Crippen LogP contribution in [0.25, 0.3) is 5.69 Å². The molecule has 1 heterocycles. The molecule has 0 unspecified atom stereocenters. The van der Waals surface area contributed by atoms with Crippen LogP contribution in [0.1, 0.15) is 5.69 Å². The summed E-state index contributed by atoms with van der Waals surface area (Å²) in [5.74, 6) is -1.38. The van der Waals surface area contributed by atoms with Crippen molar-refractivity contribution in [3.8, 4) is 5.69 Å². The summed E-state index contributed by atoms with van der Waals surface area (Å²) < 4.78 is 26.9. The molecule has 0 radical (unpaired) electrons. The van der Waals surface area contributed by atoms with E-state index in [2.05, 4.69) is 10.3 Å². The molecule has 0 bridgehead atoms. The van der Waals surface area contributed by atoms with E-state index in [9.17, 15) is 8.78 Å². The van der Waals surface area contributed by atoms with Crippen LogP contribution in [-0.2, 0) is 6.61 Å². The van der Waals surface area contributed by atoms with E-state index in [-0.39, 0.29) is 12.3 Å². The van der Waals surface area contributed by atoms with Crippen molar-refractivity contribution >= 4 is 0 Å². The van der Waals surface area contributed by atoms with Crippen molar-refractivity contribution in [3.05, 3.63) is 41.7 Å². The molecule has 15 heavy (non-hydrogen) atoms. The maximum atomic E-state index is 12.9. The van der Waals surface area contributed by atoms with Crippen LogP contribution < -0.4 is 0 Å². The number of aliphatic hydroxyl groups is 1. The zero-order chi connectivity index (χ0) is 10.8. The molecular weight excluding hydrogens is 204 g/mol. The van der Waals surface area contributed by atoms with Gasteiger partial charge < -0.3 is 5.11 Å². The Labute approximate surface area is 83.8 Å². The highest BCUT2D eigenvalue weighted by molar-refractivity contribution is 5.31. The van der Waals surface area contributed by atoms with Crippen molar-refractivity contribution < 1.29 is 13.9 Å². The third kappa shape index (κ3) is 1.99. The number of rotatable bonds is 2. The van der Waals surface area contributed by atoms with Gasteiger partial charge in [-0.2, -0.15) is 0 Å². The lowest BCUT2D eigenvalue weighted by Crippen LogP contribution is -1.96. The molecule has 0 saturated heterocycles. The predicted octanol–water partition coefficient (Wildman–Crippen LogP) is 1.04. The van der Waals surface area contributed by atoms with Gasteiger partial charge >= 0.3 is 0 Å². The highest BCUT2D eigenvalue weighted by Crippen LogP contribution is 2.11. The van der Waals surface area contributed by atoms with Crippen LogP contribution in [0.2, 0.25) is 0 Å². The summed E-state index contributed by atoms with van der Waals surface area (Å²) in [6.07, 6.45) is 1.40. The van der Waals surface area contributed by atoms with Crippen molar-refractivity contribution in [1.82, 2.24) is 15.0 Å². The molecule has 1 aromatic heterocycles. The van der Waals surface area contributed by atoms with Crippen molar-refractivity contribution in [3.63, 3.8) is 0 Å². The number of halogens is 2. The van der Waals surface area contributed by atoms with Crippen molar-refractivity contribution in [2.24, 2.45) is 0 Å². The lowest BCUT2D eigenvalue weighted by Gasteiger charge is -1.99. The Morgan fingerprint density at radius 3 is 2.40 bits per heavy atom. The predicted molar refractivity (Wildman–Crippen MR) is 47.2 cm³/mol. The minimum absolute atomic E-state index is 0.222. The fraction of sp³-hybridized carbons (Fsp3) is 0.111. The standard InChI is InChI=1S/C9H7F2N3O/c10-6-1-7(11)3-9(2-6)14-4-8(5-15)12-13-14/h1-4,15H,5H2. The number of aliphatic hydroxyl groups excluding tert-OH is 1. The summed E-state index contributed by atoms with van der Waals surface area (Å²) in [5.41, 5.74) is 0.555. The fourth-order valence-electron chi connectivity index (χ4n) is 1.17. The molecule has 0 aliphatic carbocycles. The summed E-state index contributed by atoms with van der Waals surface area (Å²) in [6, 6.07) is 3.02. The second kappa shape index (κ2) is 3.74. The first-order valence-electron chi connectivity index (χ1n) is 4.17. The van der Waals surface area contributed by atoms with Gasteiger partial charge in [-0.1, -0.05) is 5.21 Å². The van der Waals surface area contributed by atoms with E-state index >= 15 is 0 Å². The highest BCUT2D eigenvalue weighted by Gasteiger charge is 2.05. The topological polar surface area (TPSA) is 50.9 Å². The lowest BCUT2D eigenvalue weighted by molar-refractivity contribution is 0.276. The van der Waals surface area contributed by atoms with Gasteiger partial charge in [-0.15, -0.1) is 5.10 Å². The molecule has 1 N–H and O–H groups in total. The maximum Gasteiger partial charge on any atom is 0.128 e. The number of hydrogen-bond acceptors (Lipinski definition) is 3. The van der Waals surface area contributed by atoms with Gasteiger partial charge in [0.15, 0.2) is 0 Å². The van der Waals surface area contributed by atoms with E-state index < -0.39 is 11.6 Å². The van der Waals surface area contributed by atoms with Crippen molar-refractivity contribution in [2.75, 3.05) is 0 Å². The number of benzene rings is 1. The van der Waals surface area contributed by atoms with Gasteiger partial charge in [0.25, 0.3) is 0 Å². The van der Waals surface area contributed by atoms with Gasteiger partial charge in [0.2, 0.25) is 0 Å². The molecule has 2 aromatic rings. The first-order valence-corrected chi connectivity index (χ1v) is 4.17. The SMILES string of the molecule is OCc1cn(-c2cc(F)cc(F)c2)nn1. The van der Waals surface area contributed by atoms with Crippen LogP contribution in [0.5, 0.6) is 0 Å². The second-order valence-electron chi connectivity index (χ2n) is 2.94. The van der Waals surface area contributed by atoms with E-state index in [4.69, 9.17) is 5.11 Å². The molecule has 0 aliphatic heterocycles. The summed E-state index contributed by atoms with van der Waals surface area (Å²) in [6.45, 7) is -0.266. The van der Waals surface area contributed by atoms with Crippen LogP contribution in [0.15, 0.2) is 24.4 Å². The molecule has 0 aliphatic rings. The van der Waals surface area contributed by atoms with E-state index in [1.54, 1.807) is 0 Å². The molecular formula is C9H7F2N3O. The van der Waals surface area contributed by atoms with Crippen LogP contribution in [0.4, 0.5) is 8.78 Å². The van der Waals surface area contributed by atoms with Gasteiger partial charge in [-0.25, -0.2) is 13.5 Å². The average Bonchev–Trinajstić information content (AvgIpc) is 2.64. The first-order chi connectivity index (χ1) is 7.19. The molecule has 1 aromatic carbocycles. The Hall–Kier alpha value is -1.82. The highest BCUT2D eigenvalue weighted by atomic mass is 19.1. The first kappa shape index (κ1) is 9.72. The van der Waals surface area contributed by atoms with Gasteiger partial charge in [0, 0.05) is 6.07 Å². The number of aromatic nitrogens is 3. The van der Waals surface area contributed by atoms with E-state index in [1.807, 2.05) is 0 Å². The van der Waals surface area contributed by atoms with Crippen molar-refractivity contribution in [2.45, 2.75) is 6.61 Å². The summed E-state index contributed by atoms with van der Waals surface area (Å²) in [4.78, 5) is 0. The Morgan fingerprint density at radius 2 is 1.87 bits per heavy atom.